The van der Waals surface area contributed by atoms with Gasteiger partial charge in [0.1, 0.15) is 5.75 Å². The molecule has 0 spiro atoms. The average Bonchev–Trinajstić information content (AvgIpc) is 2.40. The summed E-state index contributed by atoms with van der Waals surface area (Å²) in [5.41, 5.74) is 7.76. The molecule has 1 fully saturated rings. The summed E-state index contributed by atoms with van der Waals surface area (Å²) in [6, 6.07) is 8.37. The highest BCUT2D eigenvalue weighted by molar-refractivity contribution is 5.32. The van der Waals surface area contributed by atoms with E-state index in [-0.39, 0.29) is 5.54 Å². The van der Waals surface area contributed by atoms with Gasteiger partial charge in [-0.15, -0.1) is 0 Å². The van der Waals surface area contributed by atoms with Gasteiger partial charge in [0.25, 0.3) is 0 Å². The molecule has 0 radical (unpaired) electrons. The van der Waals surface area contributed by atoms with Crippen LogP contribution in [0.4, 0.5) is 0 Å². The van der Waals surface area contributed by atoms with Gasteiger partial charge in [0, 0.05) is 5.54 Å². The fourth-order valence-electron chi connectivity index (χ4n) is 3.16. The van der Waals surface area contributed by atoms with Gasteiger partial charge in [0.15, 0.2) is 0 Å². The number of hydrogen-bond acceptors (Lipinski definition) is 2. The standard InChI is InChI=1S/C17H27NO/c1-4-19-16-7-5-15(6-8-16)17(18)11-9-14(10-12-17)13(2)3/h5-8,13-14H,4,9-12,18H2,1-3H3. The van der Waals surface area contributed by atoms with Crippen molar-refractivity contribution in [2.45, 2.75) is 52.0 Å². The molecule has 2 heteroatoms. The second kappa shape index (κ2) is 5.96. The molecule has 1 aromatic carbocycles. The third-order valence-corrected chi connectivity index (χ3v) is 4.61. The van der Waals surface area contributed by atoms with E-state index < -0.39 is 0 Å². The van der Waals surface area contributed by atoms with Crippen molar-refractivity contribution in [3.63, 3.8) is 0 Å². The Morgan fingerprint density at radius 1 is 1.21 bits per heavy atom. The van der Waals surface area contributed by atoms with Gasteiger partial charge in [-0.05, 0) is 62.1 Å². The molecule has 0 unspecified atom stereocenters. The Bertz CT molecular complexity index is 388. The molecule has 1 aliphatic rings. The molecule has 0 aromatic heterocycles. The van der Waals surface area contributed by atoms with Gasteiger partial charge in [-0.25, -0.2) is 0 Å². The van der Waals surface area contributed by atoms with Crippen LogP contribution in [0.5, 0.6) is 5.75 Å². The van der Waals surface area contributed by atoms with Gasteiger partial charge in [-0.3, -0.25) is 0 Å². The van der Waals surface area contributed by atoms with E-state index >= 15 is 0 Å². The minimum absolute atomic E-state index is 0.129. The van der Waals surface area contributed by atoms with E-state index in [0.29, 0.717) is 6.61 Å². The second-order valence-electron chi connectivity index (χ2n) is 6.19. The monoisotopic (exact) mass is 261 g/mol. The number of benzene rings is 1. The Labute approximate surface area is 117 Å². The SMILES string of the molecule is CCOc1ccc(C2(N)CCC(C(C)C)CC2)cc1. The highest BCUT2D eigenvalue weighted by Crippen LogP contribution is 2.40. The summed E-state index contributed by atoms with van der Waals surface area (Å²) < 4.78 is 5.49. The van der Waals surface area contributed by atoms with Crippen LogP contribution in [0.25, 0.3) is 0 Å². The first-order chi connectivity index (χ1) is 9.05. The number of rotatable bonds is 4. The summed E-state index contributed by atoms with van der Waals surface area (Å²) in [5, 5.41) is 0. The maximum atomic E-state index is 6.63. The predicted octanol–water partition coefficient (Wildman–Crippen LogP) is 4.09. The van der Waals surface area contributed by atoms with Crippen molar-refractivity contribution < 1.29 is 4.74 Å². The fraction of sp³-hybridized carbons (Fsp3) is 0.647. The molecule has 2 N–H and O–H groups in total. The van der Waals surface area contributed by atoms with Crippen LogP contribution in [-0.4, -0.2) is 6.61 Å². The summed E-state index contributed by atoms with van der Waals surface area (Å²) in [6.07, 6.45) is 4.70. The second-order valence-corrected chi connectivity index (χ2v) is 6.19. The van der Waals surface area contributed by atoms with Crippen LogP contribution in [0.1, 0.15) is 52.0 Å². The zero-order valence-electron chi connectivity index (χ0n) is 12.5. The summed E-state index contributed by atoms with van der Waals surface area (Å²) in [4.78, 5) is 0. The van der Waals surface area contributed by atoms with Crippen LogP contribution in [-0.2, 0) is 5.54 Å². The number of ether oxygens (including phenoxy) is 1. The van der Waals surface area contributed by atoms with Crippen LogP contribution in [0, 0.1) is 11.8 Å². The van der Waals surface area contributed by atoms with Gasteiger partial charge >= 0.3 is 0 Å². The largest absolute Gasteiger partial charge is 0.494 e. The summed E-state index contributed by atoms with van der Waals surface area (Å²) in [5.74, 6) is 2.56. The zero-order chi connectivity index (χ0) is 13.9. The van der Waals surface area contributed by atoms with E-state index in [0.717, 1.165) is 30.4 Å². The summed E-state index contributed by atoms with van der Waals surface area (Å²) >= 11 is 0. The van der Waals surface area contributed by atoms with Crippen molar-refractivity contribution in [1.29, 1.82) is 0 Å². The molecule has 2 nitrogen and oxygen atoms in total. The normalized spacial score (nSPS) is 27.5. The first-order valence-corrected chi connectivity index (χ1v) is 7.57. The van der Waals surface area contributed by atoms with Crippen LogP contribution in [0.15, 0.2) is 24.3 Å². The average molecular weight is 261 g/mol. The van der Waals surface area contributed by atoms with Crippen LogP contribution >= 0.6 is 0 Å². The maximum absolute atomic E-state index is 6.63. The van der Waals surface area contributed by atoms with Crippen molar-refractivity contribution in [2.24, 2.45) is 17.6 Å². The third-order valence-electron chi connectivity index (χ3n) is 4.61. The minimum Gasteiger partial charge on any atom is -0.494 e. The Kier molecular flexibility index (Phi) is 4.51. The Hall–Kier alpha value is -1.02. The molecule has 0 atom stereocenters. The topological polar surface area (TPSA) is 35.2 Å². The van der Waals surface area contributed by atoms with Crippen LogP contribution < -0.4 is 10.5 Å². The van der Waals surface area contributed by atoms with Crippen molar-refractivity contribution in [3.8, 4) is 5.75 Å². The lowest BCUT2D eigenvalue weighted by molar-refractivity contribution is 0.196. The van der Waals surface area contributed by atoms with E-state index in [1.165, 1.54) is 18.4 Å². The summed E-state index contributed by atoms with van der Waals surface area (Å²) in [6.45, 7) is 7.37. The maximum Gasteiger partial charge on any atom is 0.119 e. The first kappa shape index (κ1) is 14.4. The molecule has 2 rings (SSSR count). The molecule has 1 aliphatic carbocycles. The predicted molar refractivity (Wildman–Crippen MR) is 80.3 cm³/mol. The number of nitrogens with two attached hydrogens (primary N) is 1. The molecular formula is C17H27NO. The van der Waals surface area contributed by atoms with Gasteiger partial charge in [0.2, 0.25) is 0 Å². The molecule has 0 aliphatic heterocycles. The third kappa shape index (κ3) is 3.30. The van der Waals surface area contributed by atoms with E-state index in [2.05, 4.69) is 26.0 Å². The molecular weight excluding hydrogens is 234 g/mol. The molecule has 0 saturated heterocycles. The lowest BCUT2D eigenvalue weighted by Gasteiger charge is -2.39. The highest BCUT2D eigenvalue weighted by atomic mass is 16.5. The molecule has 0 bridgehead atoms. The highest BCUT2D eigenvalue weighted by Gasteiger charge is 2.33. The fourth-order valence-corrected chi connectivity index (χ4v) is 3.16. The Morgan fingerprint density at radius 3 is 2.26 bits per heavy atom. The molecule has 1 saturated carbocycles. The van der Waals surface area contributed by atoms with Crippen LogP contribution in [0.3, 0.4) is 0 Å². The van der Waals surface area contributed by atoms with Crippen molar-refractivity contribution in [3.05, 3.63) is 29.8 Å². The molecule has 0 heterocycles. The van der Waals surface area contributed by atoms with Crippen molar-refractivity contribution >= 4 is 0 Å². The van der Waals surface area contributed by atoms with E-state index in [4.69, 9.17) is 10.5 Å². The van der Waals surface area contributed by atoms with E-state index in [9.17, 15) is 0 Å². The van der Waals surface area contributed by atoms with Crippen molar-refractivity contribution in [1.82, 2.24) is 0 Å². The number of hydrogen-bond donors (Lipinski definition) is 1. The quantitative estimate of drug-likeness (QED) is 0.886. The first-order valence-electron chi connectivity index (χ1n) is 7.57. The molecule has 106 valence electrons. The Morgan fingerprint density at radius 2 is 1.79 bits per heavy atom. The van der Waals surface area contributed by atoms with Crippen LogP contribution in [0.2, 0.25) is 0 Å². The molecule has 19 heavy (non-hydrogen) atoms. The summed E-state index contributed by atoms with van der Waals surface area (Å²) in [7, 11) is 0. The van der Waals surface area contributed by atoms with Gasteiger partial charge < -0.3 is 10.5 Å². The van der Waals surface area contributed by atoms with Gasteiger partial charge in [0.05, 0.1) is 6.61 Å². The minimum atomic E-state index is -0.129. The van der Waals surface area contributed by atoms with Crippen molar-refractivity contribution in [2.75, 3.05) is 6.61 Å². The van der Waals surface area contributed by atoms with Gasteiger partial charge in [-0.2, -0.15) is 0 Å². The van der Waals surface area contributed by atoms with E-state index in [1.807, 2.05) is 19.1 Å². The lowest BCUT2D eigenvalue weighted by Crippen LogP contribution is -2.41. The molecule has 0 amide bonds. The molecule has 1 aromatic rings. The van der Waals surface area contributed by atoms with E-state index in [1.54, 1.807) is 0 Å². The smallest absolute Gasteiger partial charge is 0.119 e. The lowest BCUT2D eigenvalue weighted by atomic mass is 9.70. The Balaban J connectivity index is 2.04. The zero-order valence-corrected chi connectivity index (χ0v) is 12.5. The van der Waals surface area contributed by atoms with Gasteiger partial charge in [-0.1, -0.05) is 26.0 Å².